The van der Waals surface area contributed by atoms with Gasteiger partial charge in [0.05, 0.1) is 5.69 Å². The Morgan fingerprint density at radius 3 is 2.88 bits per heavy atom. The smallest absolute Gasteiger partial charge is 0.267 e. The van der Waals surface area contributed by atoms with Crippen molar-refractivity contribution in [2.75, 3.05) is 12.1 Å². The first-order chi connectivity index (χ1) is 12.1. The van der Waals surface area contributed by atoms with E-state index in [1.807, 2.05) is 25.1 Å². The highest BCUT2D eigenvalue weighted by atomic mass is 35.5. The second kappa shape index (κ2) is 6.38. The molecule has 2 heterocycles. The number of hydrogen-bond donors (Lipinski definition) is 1. The molecule has 0 saturated carbocycles. The third-order valence-corrected chi connectivity index (χ3v) is 5.15. The number of amides is 1. The van der Waals surface area contributed by atoms with Crippen LogP contribution in [0.3, 0.4) is 0 Å². The summed E-state index contributed by atoms with van der Waals surface area (Å²) in [6.45, 7) is 2.02. The van der Waals surface area contributed by atoms with E-state index in [0.29, 0.717) is 32.8 Å². The van der Waals surface area contributed by atoms with Crippen molar-refractivity contribution >= 4 is 34.5 Å². The molecule has 1 aliphatic heterocycles. The zero-order valence-electron chi connectivity index (χ0n) is 13.2. The fraction of sp³-hybridized carbons (Fsp3) is 0.111. The van der Waals surface area contributed by atoms with Crippen LogP contribution in [0.4, 0.5) is 5.69 Å². The number of fused-ring (bicyclic) bond motifs is 1. The van der Waals surface area contributed by atoms with Crippen LogP contribution in [0, 0.1) is 6.92 Å². The van der Waals surface area contributed by atoms with E-state index in [1.165, 1.54) is 11.3 Å². The third-order valence-electron chi connectivity index (χ3n) is 3.70. The van der Waals surface area contributed by atoms with Gasteiger partial charge in [0.25, 0.3) is 5.91 Å². The summed E-state index contributed by atoms with van der Waals surface area (Å²) >= 11 is 7.37. The molecule has 126 valence electrons. The number of hydrogen-bond acceptors (Lipinski definition) is 5. The summed E-state index contributed by atoms with van der Waals surface area (Å²) in [6.07, 6.45) is 0. The Balaban J connectivity index is 1.58. The van der Waals surface area contributed by atoms with Gasteiger partial charge in [0.15, 0.2) is 11.5 Å². The first-order valence-corrected chi connectivity index (χ1v) is 8.74. The molecule has 1 aliphatic rings. The molecule has 0 atom stereocenters. The average molecular weight is 373 g/mol. The van der Waals surface area contributed by atoms with Gasteiger partial charge in [-0.05, 0) is 31.2 Å². The van der Waals surface area contributed by atoms with E-state index in [2.05, 4.69) is 10.3 Å². The van der Waals surface area contributed by atoms with Gasteiger partial charge in [-0.2, -0.15) is 0 Å². The minimum Gasteiger partial charge on any atom is -0.454 e. The second-order valence-corrected chi connectivity index (χ2v) is 6.90. The van der Waals surface area contributed by atoms with Gasteiger partial charge in [-0.1, -0.05) is 23.7 Å². The Bertz CT molecular complexity index is 971. The average Bonchev–Trinajstić information content (AvgIpc) is 3.20. The lowest BCUT2D eigenvalue weighted by molar-refractivity contribution is 0.103. The topological polar surface area (TPSA) is 60.5 Å². The maximum absolute atomic E-state index is 12.6. The lowest BCUT2D eigenvalue weighted by atomic mass is 10.2. The van der Waals surface area contributed by atoms with Crippen molar-refractivity contribution in [1.82, 2.24) is 4.98 Å². The molecule has 1 aromatic heterocycles. The minimum absolute atomic E-state index is 0.198. The molecular formula is C18H13ClN2O3S. The number of ether oxygens (including phenoxy) is 2. The van der Waals surface area contributed by atoms with Gasteiger partial charge >= 0.3 is 0 Å². The van der Waals surface area contributed by atoms with Gasteiger partial charge in [0.2, 0.25) is 6.79 Å². The van der Waals surface area contributed by atoms with E-state index >= 15 is 0 Å². The maximum atomic E-state index is 12.6. The van der Waals surface area contributed by atoms with Crippen molar-refractivity contribution in [2.24, 2.45) is 0 Å². The quantitative estimate of drug-likeness (QED) is 0.720. The van der Waals surface area contributed by atoms with Crippen LogP contribution < -0.4 is 14.8 Å². The van der Waals surface area contributed by atoms with Gasteiger partial charge < -0.3 is 14.8 Å². The van der Waals surface area contributed by atoms with Crippen LogP contribution in [-0.2, 0) is 0 Å². The van der Waals surface area contributed by atoms with Crippen molar-refractivity contribution < 1.29 is 14.3 Å². The van der Waals surface area contributed by atoms with E-state index < -0.39 is 0 Å². The second-order valence-electron chi connectivity index (χ2n) is 5.47. The zero-order chi connectivity index (χ0) is 17.4. The summed E-state index contributed by atoms with van der Waals surface area (Å²) in [6, 6.07) is 12.7. The van der Waals surface area contributed by atoms with Gasteiger partial charge in [-0.25, -0.2) is 4.98 Å². The molecule has 0 aliphatic carbocycles. The van der Waals surface area contributed by atoms with E-state index in [9.17, 15) is 4.79 Å². The summed E-state index contributed by atoms with van der Waals surface area (Å²) in [5, 5.41) is 4.27. The van der Waals surface area contributed by atoms with Crippen molar-refractivity contribution in [3.8, 4) is 22.1 Å². The molecule has 3 aromatic rings. The fourth-order valence-corrected chi connectivity index (χ4v) is 3.66. The van der Waals surface area contributed by atoms with Gasteiger partial charge in [-0.3, -0.25) is 4.79 Å². The summed E-state index contributed by atoms with van der Waals surface area (Å²) in [5.41, 5.74) is 2.22. The molecule has 0 fully saturated rings. The van der Waals surface area contributed by atoms with Crippen LogP contribution in [0.25, 0.3) is 10.6 Å². The number of nitrogens with one attached hydrogen (secondary N) is 1. The lowest BCUT2D eigenvalue weighted by Crippen LogP contribution is -2.11. The van der Waals surface area contributed by atoms with E-state index in [-0.39, 0.29) is 12.7 Å². The number of thiazole rings is 1. The number of nitrogens with zero attached hydrogens (tertiary/aromatic N) is 1. The van der Waals surface area contributed by atoms with E-state index in [0.717, 1.165) is 10.6 Å². The van der Waals surface area contributed by atoms with Gasteiger partial charge in [-0.15, -0.1) is 11.3 Å². The molecule has 5 nitrogen and oxygen atoms in total. The molecular weight excluding hydrogens is 360 g/mol. The number of aryl methyl sites for hydroxylation is 1. The highest BCUT2D eigenvalue weighted by molar-refractivity contribution is 7.17. The standard InChI is InChI=1S/C18H13ClN2O3S/c1-10-16(25-18(20-10)11-3-2-4-12(19)7-11)17(22)21-13-5-6-14-15(8-13)24-9-23-14/h2-8H,9H2,1H3,(H,21,22). The first kappa shape index (κ1) is 15.9. The molecule has 0 spiro atoms. The van der Waals surface area contributed by atoms with Crippen LogP contribution in [0.1, 0.15) is 15.4 Å². The highest BCUT2D eigenvalue weighted by Crippen LogP contribution is 2.35. The summed E-state index contributed by atoms with van der Waals surface area (Å²) < 4.78 is 10.6. The third kappa shape index (κ3) is 3.18. The molecule has 1 amide bonds. The van der Waals surface area contributed by atoms with Crippen molar-refractivity contribution in [1.29, 1.82) is 0 Å². The van der Waals surface area contributed by atoms with Crippen LogP contribution >= 0.6 is 22.9 Å². The van der Waals surface area contributed by atoms with Crippen LogP contribution in [0.15, 0.2) is 42.5 Å². The summed E-state index contributed by atoms with van der Waals surface area (Å²) in [7, 11) is 0. The van der Waals surface area contributed by atoms with Crippen molar-refractivity contribution in [3.63, 3.8) is 0 Å². The van der Waals surface area contributed by atoms with E-state index in [4.69, 9.17) is 21.1 Å². The molecule has 0 saturated heterocycles. The normalized spacial score (nSPS) is 12.2. The Labute approximate surface area is 153 Å². The zero-order valence-corrected chi connectivity index (χ0v) is 14.8. The SMILES string of the molecule is Cc1nc(-c2cccc(Cl)c2)sc1C(=O)Nc1ccc2c(c1)OCO2. The molecule has 7 heteroatoms. The Hall–Kier alpha value is -2.57. The van der Waals surface area contributed by atoms with Gasteiger partial charge in [0, 0.05) is 22.3 Å². The highest BCUT2D eigenvalue weighted by Gasteiger charge is 2.18. The summed E-state index contributed by atoms with van der Waals surface area (Å²) in [4.78, 5) is 17.7. The summed E-state index contributed by atoms with van der Waals surface area (Å²) in [5.74, 6) is 1.09. The first-order valence-electron chi connectivity index (χ1n) is 7.54. The van der Waals surface area contributed by atoms with Gasteiger partial charge in [0.1, 0.15) is 9.88 Å². The minimum atomic E-state index is -0.206. The molecule has 0 bridgehead atoms. The van der Waals surface area contributed by atoms with Crippen LogP contribution in [0.2, 0.25) is 5.02 Å². The number of aromatic nitrogens is 1. The molecule has 0 unspecified atom stereocenters. The Kier molecular flexibility index (Phi) is 4.07. The molecule has 1 N–H and O–H groups in total. The Morgan fingerprint density at radius 2 is 2.04 bits per heavy atom. The molecule has 0 radical (unpaired) electrons. The van der Waals surface area contributed by atoms with Crippen molar-refractivity contribution in [2.45, 2.75) is 6.92 Å². The predicted molar refractivity (Wildman–Crippen MR) is 97.8 cm³/mol. The van der Waals surface area contributed by atoms with Crippen molar-refractivity contribution in [3.05, 3.63) is 58.1 Å². The lowest BCUT2D eigenvalue weighted by Gasteiger charge is -2.05. The van der Waals surface area contributed by atoms with Crippen LogP contribution in [-0.4, -0.2) is 17.7 Å². The number of carbonyl (C=O) groups excluding carboxylic acids is 1. The largest absolute Gasteiger partial charge is 0.454 e. The monoisotopic (exact) mass is 372 g/mol. The fourth-order valence-electron chi connectivity index (χ4n) is 2.51. The number of halogens is 1. The van der Waals surface area contributed by atoms with E-state index in [1.54, 1.807) is 24.3 Å². The Morgan fingerprint density at radius 1 is 1.20 bits per heavy atom. The number of carbonyl (C=O) groups is 1. The predicted octanol–water partition coefficient (Wildman–Crippen LogP) is 4.75. The number of benzene rings is 2. The molecule has 4 rings (SSSR count). The molecule has 25 heavy (non-hydrogen) atoms. The molecule has 2 aromatic carbocycles. The maximum Gasteiger partial charge on any atom is 0.267 e. The van der Waals surface area contributed by atoms with Crippen LogP contribution in [0.5, 0.6) is 11.5 Å². The number of rotatable bonds is 3. The number of anilines is 1.